The van der Waals surface area contributed by atoms with Crippen LogP contribution < -0.4 is 4.74 Å². The van der Waals surface area contributed by atoms with Crippen LogP contribution in [0.2, 0.25) is 0 Å². The number of carbonyl (C=O) groups is 1. The molecule has 5 rings (SSSR count). The Bertz CT molecular complexity index is 1510. The van der Waals surface area contributed by atoms with Crippen LogP contribution >= 0.6 is 0 Å². The highest BCUT2D eigenvalue weighted by atomic mass is 19.4. The summed E-state index contributed by atoms with van der Waals surface area (Å²) in [4.78, 5) is 20.8. The first-order valence-electron chi connectivity index (χ1n) is 13.1. The fourth-order valence-electron chi connectivity index (χ4n) is 5.41. The summed E-state index contributed by atoms with van der Waals surface area (Å²) in [5.74, 6) is 0.0570. The third kappa shape index (κ3) is 5.64. The number of aromatic nitrogens is 4. The van der Waals surface area contributed by atoms with Gasteiger partial charge in [0.25, 0.3) is 0 Å². The van der Waals surface area contributed by atoms with E-state index in [4.69, 9.17) is 4.98 Å². The van der Waals surface area contributed by atoms with Crippen molar-refractivity contribution in [2.45, 2.75) is 33.1 Å². The van der Waals surface area contributed by atoms with Gasteiger partial charge in [0.05, 0.1) is 17.6 Å². The van der Waals surface area contributed by atoms with Crippen molar-refractivity contribution < 1.29 is 22.7 Å². The van der Waals surface area contributed by atoms with Crippen LogP contribution in [0.25, 0.3) is 28.0 Å². The Morgan fingerprint density at radius 3 is 2.25 bits per heavy atom. The molecule has 0 unspecified atom stereocenters. The number of halogens is 3. The number of aryl methyl sites for hydroxylation is 2. The Kier molecular flexibility index (Phi) is 7.01. The van der Waals surface area contributed by atoms with Gasteiger partial charge in [-0.2, -0.15) is 5.10 Å². The summed E-state index contributed by atoms with van der Waals surface area (Å²) in [5.41, 5.74) is 4.06. The van der Waals surface area contributed by atoms with Crippen molar-refractivity contribution in [3.05, 3.63) is 60.6 Å². The van der Waals surface area contributed by atoms with Gasteiger partial charge in [0.1, 0.15) is 11.4 Å². The highest BCUT2D eigenvalue weighted by Crippen LogP contribution is 2.37. The standard InChI is InChI=1S/C29H33F3N6O2/c1-28(2,21-16-35(3)27(39)36(4)17-21)13-12-20-15-38(22-14-33-37(5)18-22)26-24(20)10-11-25(34-26)19-6-8-23(9-7-19)40-29(30,31)32/h6-11,14-15,18,21H,12-13,16-17H2,1-5H3. The first-order chi connectivity index (χ1) is 18.8. The number of rotatable bonds is 7. The van der Waals surface area contributed by atoms with Crippen LogP contribution in [0.5, 0.6) is 5.75 Å². The van der Waals surface area contributed by atoms with E-state index in [2.05, 4.69) is 29.9 Å². The van der Waals surface area contributed by atoms with Gasteiger partial charge in [0.2, 0.25) is 0 Å². The van der Waals surface area contributed by atoms with Gasteiger partial charge in [0.15, 0.2) is 0 Å². The van der Waals surface area contributed by atoms with Gasteiger partial charge in [-0.1, -0.05) is 13.8 Å². The second kappa shape index (κ2) is 10.2. The van der Waals surface area contributed by atoms with Gasteiger partial charge >= 0.3 is 12.4 Å². The number of ether oxygens (including phenoxy) is 1. The van der Waals surface area contributed by atoms with Crippen LogP contribution in [0.4, 0.5) is 18.0 Å². The summed E-state index contributed by atoms with van der Waals surface area (Å²) >= 11 is 0. The number of hydrogen-bond donors (Lipinski definition) is 0. The second-order valence-electron chi connectivity index (χ2n) is 11.3. The highest BCUT2D eigenvalue weighted by molar-refractivity contribution is 5.85. The van der Waals surface area contributed by atoms with Crippen LogP contribution in [0.1, 0.15) is 25.8 Å². The Hall–Kier alpha value is -4.02. The van der Waals surface area contributed by atoms with Crippen molar-refractivity contribution in [2.75, 3.05) is 27.2 Å². The average molecular weight is 555 g/mol. The predicted octanol–water partition coefficient (Wildman–Crippen LogP) is 5.90. The van der Waals surface area contributed by atoms with E-state index in [9.17, 15) is 18.0 Å². The van der Waals surface area contributed by atoms with E-state index in [0.29, 0.717) is 17.2 Å². The maximum absolute atomic E-state index is 12.6. The molecular formula is C29H33F3N6O2. The minimum Gasteiger partial charge on any atom is -0.406 e. The minimum absolute atomic E-state index is 0.0143. The molecular weight excluding hydrogens is 521 g/mol. The molecule has 0 bridgehead atoms. The molecule has 1 aliphatic heterocycles. The molecule has 1 fully saturated rings. The lowest BCUT2D eigenvalue weighted by Crippen LogP contribution is -2.53. The number of amides is 2. The number of hydrogen-bond acceptors (Lipinski definition) is 4. The summed E-state index contributed by atoms with van der Waals surface area (Å²) in [5, 5.41) is 5.33. The molecule has 4 heterocycles. The maximum atomic E-state index is 12.6. The Balaban J connectivity index is 1.45. The van der Waals surface area contributed by atoms with E-state index in [1.54, 1.807) is 32.8 Å². The molecule has 0 aliphatic carbocycles. The van der Waals surface area contributed by atoms with Gasteiger partial charge < -0.3 is 14.5 Å². The quantitative estimate of drug-likeness (QED) is 0.286. The molecule has 0 radical (unpaired) electrons. The van der Waals surface area contributed by atoms with E-state index in [-0.39, 0.29) is 17.2 Å². The predicted molar refractivity (Wildman–Crippen MR) is 146 cm³/mol. The summed E-state index contributed by atoms with van der Waals surface area (Å²) in [6, 6.07) is 9.68. The van der Waals surface area contributed by atoms with Crippen LogP contribution in [0.15, 0.2) is 55.0 Å². The maximum Gasteiger partial charge on any atom is 0.573 e. The molecule has 4 aromatic rings. The molecule has 0 saturated carbocycles. The first-order valence-corrected chi connectivity index (χ1v) is 13.1. The lowest BCUT2D eigenvalue weighted by atomic mass is 9.73. The molecule has 0 spiro atoms. The normalized spacial score (nSPS) is 15.3. The summed E-state index contributed by atoms with van der Waals surface area (Å²) in [6.07, 6.45) is 2.78. The van der Waals surface area contributed by atoms with Gasteiger partial charge in [-0.3, -0.25) is 9.25 Å². The number of nitrogens with zero attached hydrogens (tertiary/aromatic N) is 6. The monoisotopic (exact) mass is 554 g/mol. The van der Waals surface area contributed by atoms with Crippen LogP contribution in [-0.2, 0) is 13.5 Å². The zero-order valence-electron chi connectivity index (χ0n) is 23.2. The number of urea groups is 1. The van der Waals surface area contributed by atoms with E-state index in [1.165, 1.54) is 12.1 Å². The SMILES string of the molecule is CN1CC(C(C)(C)CCc2cn(-c3cnn(C)c3)c3nc(-c4ccc(OC(F)(F)F)cc4)ccc23)CN(C)C1=O. The Labute approximate surface area is 231 Å². The number of carbonyl (C=O) groups excluding carboxylic acids is 1. The lowest BCUT2D eigenvalue weighted by Gasteiger charge is -2.44. The van der Waals surface area contributed by atoms with Crippen molar-refractivity contribution in [2.24, 2.45) is 18.4 Å². The smallest absolute Gasteiger partial charge is 0.406 e. The molecule has 0 N–H and O–H groups in total. The Morgan fingerprint density at radius 2 is 1.65 bits per heavy atom. The Morgan fingerprint density at radius 1 is 0.975 bits per heavy atom. The van der Waals surface area contributed by atoms with Crippen LogP contribution in [0, 0.1) is 11.3 Å². The molecule has 1 aromatic carbocycles. The minimum atomic E-state index is -4.74. The third-order valence-electron chi connectivity index (χ3n) is 7.87. The number of pyridine rings is 1. The fourth-order valence-corrected chi connectivity index (χ4v) is 5.41. The van der Waals surface area contributed by atoms with Gasteiger partial charge in [0, 0.05) is 57.6 Å². The van der Waals surface area contributed by atoms with Crippen LogP contribution in [0.3, 0.4) is 0 Å². The third-order valence-corrected chi connectivity index (χ3v) is 7.87. The molecule has 212 valence electrons. The molecule has 2 amide bonds. The highest BCUT2D eigenvalue weighted by Gasteiger charge is 2.37. The second-order valence-corrected chi connectivity index (χ2v) is 11.3. The molecule has 40 heavy (non-hydrogen) atoms. The number of fused-ring (bicyclic) bond motifs is 1. The lowest BCUT2D eigenvalue weighted by molar-refractivity contribution is -0.274. The molecule has 11 heteroatoms. The van der Waals surface area contributed by atoms with Gasteiger partial charge in [-0.15, -0.1) is 13.2 Å². The van der Waals surface area contributed by atoms with Crippen molar-refractivity contribution >= 4 is 17.1 Å². The van der Waals surface area contributed by atoms with Crippen molar-refractivity contribution in [1.82, 2.24) is 29.1 Å². The van der Waals surface area contributed by atoms with Crippen molar-refractivity contribution in [3.8, 4) is 22.7 Å². The van der Waals surface area contributed by atoms with E-state index < -0.39 is 6.36 Å². The molecule has 1 aliphatic rings. The number of alkyl halides is 3. The summed E-state index contributed by atoms with van der Waals surface area (Å²) in [7, 11) is 5.55. The van der Waals surface area contributed by atoms with Crippen molar-refractivity contribution in [3.63, 3.8) is 0 Å². The topological polar surface area (TPSA) is 68.4 Å². The van der Waals surface area contributed by atoms with E-state index in [0.717, 1.165) is 48.2 Å². The van der Waals surface area contributed by atoms with E-state index >= 15 is 0 Å². The van der Waals surface area contributed by atoms with Gasteiger partial charge in [-0.05, 0) is 66.1 Å². The largest absolute Gasteiger partial charge is 0.573 e. The average Bonchev–Trinajstić information content (AvgIpc) is 3.48. The first kappa shape index (κ1) is 27.5. The van der Waals surface area contributed by atoms with Crippen LogP contribution in [-0.4, -0.2) is 68.7 Å². The fraction of sp³-hybridized carbons (Fsp3) is 0.414. The molecule has 3 aromatic heterocycles. The zero-order chi connectivity index (χ0) is 28.8. The number of benzene rings is 1. The summed E-state index contributed by atoms with van der Waals surface area (Å²) in [6.45, 7) is 5.98. The zero-order valence-corrected chi connectivity index (χ0v) is 23.2. The van der Waals surface area contributed by atoms with Gasteiger partial charge in [-0.25, -0.2) is 9.78 Å². The molecule has 0 atom stereocenters. The molecule has 8 nitrogen and oxygen atoms in total. The molecule has 1 saturated heterocycles. The summed E-state index contributed by atoms with van der Waals surface area (Å²) < 4.78 is 45.5. The van der Waals surface area contributed by atoms with E-state index in [1.807, 2.05) is 44.0 Å². The van der Waals surface area contributed by atoms with Crippen molar-refractivity contribution in [1.29, 1.82) is 0 Å².